The van der Waals surface area contributed by atoms with E-state index in [4.69, 9.17) is 4.74 Å². The second-order valence-corrected chi connectivity index (χ2v) is 4.28. The molecule has 0 aliphatic carbocycles. The van der Waals surface area contributed by atoms with E-state index < -0.39 is 18.2 Å². The summed E-state index contributed by atoms with van der Waals surface area (Å²) in [5.41, 5.74) is 1.30. The third-order valence-corrected chi connectivity index (χ3v) is 3.15. The van der Waals surface area contributed by atoms with Gasteiger partial charge >= 0.3 is 12.1 Å². The number of carboxylic acid groups (broad SMARTS) is 1. The van der Waals surface area contributed by atoms with E-state index in [0.29, 0.717) is 5.52 Å². The highest BCUT2D eigenvalue weighted by Gasteiger charge is 2.22. The fourth-order valence-electron chi connectivity index (χ4n) is 2.17. The van der Waals surface area contributed by atoms with Gasteiger partial charge in [-0.05, 0) is 11.6 Å². The molecule has 0 radical (unpaired) electrons. The Labute approximate surface area is 115 Å². The minimum Gasteiger partial charge on any atom is -0.467 e. The molecule has 1 aromatic heterocycles. The zero-order valence-electron chi connectivity index (χ0n) is 11.2. The van der Waals surface area contributed by atoms with Gasteiger partial charge in [-0.2, -0.15) is 0 Å². The Morgan fingerprint density at radius 2 is 2.00 bits per heavy atom. The standard InChI is InChI=1S/C14H15NO5/c1-19-12(13(16)20-2)7-9-8-15(14(17)18)11-6-4-3-5-10(9)11/h3-6,8,12H,7H2,1-2H3,(H,17,18)/t12-/m0/s1. The van der Waals surface area contributed by atoms with Crippen LogP contribution in [0.5, 0.6) is 0 Å². The molecule has 0 aliphatic heterocycles. The summed E-state index contributed by atoms with van der Waals surface area (Å²) in [5, 5.41) is 9.96. The molecule has 0 aliphatic rings. The van der Waals surface area contributed by atoms with Crippen molar-refractivity contribution in [1.82, 2.24) is 4.57 Å². The van der Waals surface area contributed by atoms with Gasteiger partial charge in [0.25, 0.3) is 0 Å². The number of fused-ring (bicyclic) bond motifs is 1. The number of benzene rings is 1. The van der Waals surface area contributed by atoms with Gasteiger partial charge in [0.1, 0.15) is 0 Å². The van der Waals surface area contributed by atoms with Gasteiger partial charge in [0.15, 0.2) is 6.10 Å². The molecular weight excluding hydrogens is 262 g/mol. The quantitative estimate of drug-likeness (QED) is 0.863. The highest BCUT2D eigenvalue weighted by atomic mass is 16.6. The van der Waals surface area contributed by atoms with Gasteiger partial charge in [-0.1, -0.05) is 18.2 Å². The molecule has 0 amide bonds. The normalized spacial score (nSPS) is 12.3. The number of nitrogens with zero attached hydrogens (tertiary/aromatic N) is 1. The lowest BCUT2D eigenvalue weighted by atomic mass is 10.1. The molecule has 0 saturated carbocycles. The van der Waals surface area contributed by atoms with Crippen LogP contribution in [-0.4, -0.2) is 42.1 Å². The van der Waals surface area contributed by atoms with E-state index in [-0.39, 0.29) is 6.42 Å². The molecular formula is C14H15NO5. The first-order valence-electron chi connectivity index (χ1n) is 6.01. The molecule has 2 aromatic rings. The van der Waals surface area contributed by atoms with Crippen LogP contribution in [0.15, 0.2) is 30.5 Å². The Kier molecular flexibility index (Phi) is 4.05. The smallest absolute Gasteiger partial charge is 0.416 e. The zero-order valence-corrected chi connectivity index (χ0v) is 11.2. The van der Waals surface area contributed by atoms with E-state index in [1.807, 2.05) is 12.1 Å². The molecule has 0 fully saturated rings. The third kappa shape index (κ3) is 2.50. The number of methoxy groups -OCH3 is 2. The molecule has 106 valence electrons. The molecule has 1 aromatic carbocycles. The van der Waals surface area contributed by atoms with Crippen LogP contribution in [0.4, 0.5) is 4.79 Å². The Balaban J connectivity index is 2.44. The van der Waals surface area contributed by atoms with Gasteiger partial charge in [-0.3, -0.25) is 4.57 Å². The van der Waals surface area contributed by atoms with Crippen molar-refractivity contribution in [3.63, 3.8) is 0 Å². The van der Waals surface area contributed by atoms with Crippen molar-refractivity contribution in [2.24, 2.45) is 0 Å². The number of rotatable bonds is 4. The van der Waals surface area contributed by atoms with Crippen LogP contribution in [0.25, 0.3) is 10.9 Å². The van der Waals surface area contributed by atoms with Crippen LogP contribution in [0.3, 0.4) is 0 Å². The number of para-hydroxylation sites is 1. The van der Waals surface area contributed by atoms with Crippen molar-refractivity contribution in [1.29, 1.82) is 0 Å². The molecule has 1 atom stereocenters. The number of hydrogen-bond acceptors (Lipinski definition) is 4. The van der Waals surface area contributed by atoms with Crippen molar-refractivity contribution in [3.8, 4) is 0 Å². The average Bonchev–Trinajstić information content (AvgIpc) is 2.83. The maximum Gasteiger partial charge on any atom is 0.416 e. The van der Waals surface area contributed by atoms with Crippen molar-refractivity contribution < 1.29 is 24.2 Å². The number of aromatic nitrogens is 1. The Bertz CT molecular complexity index is 646. The summed E-state index contributed by atoms with van der Waals surface area (Å²) < 4.78 is 10.9. The molecule has 1 N–H and O–H groups in total. The van der Waals surface area contributed by atoms with Crippen molar-refractivity contribution in [2.75, 3.05) is 14.2 Å². The first-order chi connectivity index (χ1) is 9.58. The zero-order chi connectivity index (χ0) is 14.7. The maximum absolute atomic E-state index is 11.6. The van der Waals surface area contributed by atoms with Gasteiger partial charge in [-0.15, -0.1) is 0 Å². The first kappa shape index (κ1) is 14.1. The summed E-state index contributed by atoms with van der Waals surface area (Å²) >= 11 is 0. The Hall–Kier alpha value is -2.34. The minimum atomic E-state index is -1.07. The number of carbonyl (C=O) groups is 2. The lowest BCUT2D eigenvalue weighted by Crippen LogP contribution is -2.26. The van der Waals surface area contributed by atoms with Crippen LogP contribution < -0.4 is 0 Å². The van der Waals surface area contributed by atoms with Crippen LogP contribution in [-0.2, 0) is 20.7 Å². The summed E-state index contributed by atoms with van der Waals surface area (Å²) in [6.45, 7) is 0. The second kappa shape index (κ2) is 5.75. The van der Waals surface area contributed by atoms with Crippen LogP contribution in [0.1, 0.15) is 5.56 Å². The summed E-state index contributed by atoms with van der Waals surface area (Å²) in [6, 6.07) is 7.11. The fourth-order valence-corrected chi connectivity index (χ4v) is 2.17. The second-order valence-electron chi connectivity index (χ2n) is 4.28. The topological polar surface area (TPSA) is 77.8 Å². The molecule has 6 nitrogen and oxygen atoms in total. The van der Waals surface area contributed by atoms with Gasteiger partial charge in [-0.25, -0.2) is 9.59 Å². The highest BCUT2D eigenvalue weighted by Crippen LogP contribution is 2.23. The SMILES string of the molecule is COC(=O)[C@H](Cc1cn(C(=O)O)c2ccccc12)OC. The molecule has 20 heavy (non-hydrogen) atoms. The first-order valence-corrected chi connectivity index (χ1v) is 6.01. The van der Waals surface area contributed by atoms with E-state index >= 15 is 0 Å². The monoisotopic (exact) mass is 277 g/mol. The molecule has 0 bridgehead atoms. The molecule has 0 saturated heterocycles. The molecule has 0 spiro atoms. The van der Waals surface area contributed by atoms with Gasteiger partial charge in [0.2, 0.25) is 0 Å². The molecule has 2 rings (SSSR count). The van der Waals surface area contributed by atoms with Gasteiger partial charge < -0.3 is 14.6 Å². The fraction of sp³-hybridized carbons (Fsp3) is 0.286. The molecule has 1 heterocycles. The summed E-state index contributed by atoms with van der Waals surface area (Å²) in [4.78, 5) is 22.8. The van der Waals surface area contributed by atoms with Crippen molar-refractivity contribution in [3.05, 3.63) is 36.0 Å². The van der Waals surface area contributed by atoms with Crippen molar-refractivity contribution in [2.45, 2.75) is 12.5 Å². The summed E-state index contributed by atoms with van der Waals surface area (Å²) in [7, 11) is 2.70. The van der Waals surface area contributed by atoms with Gasteiger partial charge in [0, 0.05) is 25.1 Å². The Morgan fingerprint density at radius 3 is 2.60 bits per heavy atom. The predicted molar refractivity (Wildman–Crippen MR) is 71.9 cm³/mol. The number of esters is 1. The third-order valence-electron chi connectivity index (χ3n) is 3.15. The number of hydrogen-bond donors (Lipinski definition) is 1. The minimum absolute atomic E-state index is 0.254. The predicted octanol–water partition coefficient (Wildman–Crippen LogP) is 1.90. The maximum atomic E-state index is 11.6. The summed E-state index contributed by atoms with van der Waals surface area (Å²) in [5.74, 6) is -0.486. The molecule has 6 heteroatoms. The lowest BCUT2D eigenvalue weighted by molar-refractivity contribution is -0.152. The summed E-state index contributed by atoms with van der Waals surface area (Å²) in [6.07, 6.45) is -0.0705. The van der Waals surface area contributed by atoms with Gasteiger partial charge in [0.05, 0.1) is 12.6 Å². The van der Waals surface area contributed by atoms with Crippen LogP contribution in [0.2, 0.25) is 0 Å². The number of carbonyl (C=O) groups excluding carboxylic acids is 1. The largest absolute Gasteiger partial charge is 0.467 e. The van der Waals surface area contributed by atoms with Crippen LogP contribution in [0, 0.1) is 0 Å². The van der Waals surface area contributed by atoms with E-state index in [9.17, 15) is 14.7 Å². The highest BCUT2D eigenvalue weighted by molar-refractivity contribution is 5.91. The average molecular weight is 277 g/mol. The van der Waals surface area contributed by atoms with E-state index in [1.54, 1.807) is 12.1 Å². The number of ether oxygens (including phenoxy) is 2. The van der Waals surface area contributed by atoms with E-state index in [1.165, 1.54) is 20.4 Å². The van der Waals surface area contributed by atoms with Crippen LogP contribution >= 0.6 is 0 Å². The van der Waals surface area contributed by atoms with E-state index in [0.717, 1.165) is 15.5 Å². The Morgan fingerprint density at radius 1 is 1.30 bits per heavy atom. The lowest BCUT2D eigenvalue weighted by Gasteiger charge is -2.11. The van der Waals surface area contributed by atoms with Crippen molar-refractivity contribution >= 4 is 23.0 Å². The van der Waals surface area contributed by atoms with E-state index in [2.05, 4.69) is 4.74 Å². The molecule has 0 unspecified atom stereocenters.